The monoisotopic (exact) mass is 485 g/mol. The zero-order valence-electron chi connectivity index (χ0n) is 17.9. The van der Waals surface area contributed by atoms with Gasteiger partial charge in [-0.3, -0.25) is 15.5 Å². The Morgan fingerprint density at radius 3 is 2.45 bits per heavy atom. The predicted molar refractivity (Wildman–Crippen MR) is 129 cm³/mol. The van der Waals surface area contributed by atoms with Crippen molar-refractivity contribution >= 4 is 38.4 Å². The van der Waals surface area contributed by atoms with Gasteiger partial charge in [-0.2, -0.15) is 9.41 Å². The highest BCUT2D eigenvalue weighted by Gasteiger charge is 2.27. The number of nitro groups is 1. The summed E-state index contributed by atoms with van der Waals surface area (Å²) in [5.74, 6) is 0.560. The van der Waals surface area contributed by atoms with E-state index in [4.69, 9.17) is 0 Å². The molecule has 1 N–H and O–H groups in total. The molecular weight excluding hydrogens is 462 g/mol. The summed E-state index contributed by atoms with van der Waals surface area (Å²) < 4.78 is 27.3. The highest BCUT2D eigenvalue weighted by atomic mass is 32.2. The molecule has 0 radical (unpaired) electrons. The highest BCUT2D eigenvalue weighted by Crippen LogP contribution is 2.28. The van der Waals surface area contributed by atoms with Gasteiger partial charge in [-0.25, -0.2) is 13.4 Å². The van der Waals surface area contributed by atoms with E-state index in [1.807, 2.05) is 5.38 Å². The number of piperidine rings is 1. The van der Waals surface area contributed by atoms with Gasteiger partial charge in [-0.1, -0.05) is 19.1 Å². The van der Waals surface area contributed by atoms with Crippen LogP contribution in [-0.4, -0.2) is 41.9 Å². The van der Waals surface area contributed by atoms with Crippen LogP contribution in [0.5, 0.6) is 0 Å². The van der Waals surface area contributed by atoms with Crippen LogP contribution in [0.3, 0.4) is 0 Å². The number of sulfonamides is 1. The zero-order valence-corrected chi connectivity index (χ0v) is 19.6. The number of thiazole rings is 1. The van der Waals surface area contributed by atoms with Gasteiger partial charge >= 0.3 is 0 Å². The van der Waals surface area contributed by atoms with E-state index >= 15 is 0 Å². The number of non-ortho nitro benzene ring substituents is 1. The van der Waals surface area contributed by atoms with Crippen molar-refractivity contribution in [2.24, 2.45) is 11.0 Å². The van der Waals surface area contributed by atoms with Crippen molar-refractivity contribution < 1.29 is 13.3 Å². The Hall–Kier alpha value is -3.15. The summed E-state index contributed by atoms with van der Waals surface area (Å²) in [5, 5.41) is 17.2. The minimum atomic E-state index is -3.48. The van der Waals surface area contributed by atoms with Gasteiger partial charge in [0.05, 0.1) is 21.7 Å². The molecule has 0 bridgehead atoms. The van der Waals surface area contributed by atoms with Crippen molar-refractivity contribution in [1.29, 1.82) is 0 Å². The van der Waals surface area contributed by atoms with Crippen molar-refractivity contribution in [3.63, 3.8) is 0 Å². The van der Waals surface area contributed by atoms with Crippen molar-refractivity contribution in [2.45, 2.75) is 24.7 Å². The Bertz CT molecular complexity index is 1250. The Labute approximate surface area is 196 Å². The van der Waals surface area contributed by atoms with Crippen molar-refractivity contribution in [3.05, 3.63) is 69.6 Å². The molecule has 1 aromatic heterocycles. The molecule has 0 unspecified atom stereocenters. The summed E-state index contributed by atoms with van der Waals surface area (Å²) in [6.45, 7) is 3.27. The fourth-order valence-corrected chi connectivity index (χ4v) is 5.61. The first-order valence-corrected chi connectivity index (χ1v) is 12.7. The van der Waals surface area contributed by atoms with Crippen LogP contribution >= 0.6 is 11.3 Å². The number of hydrogen-bond donors (Lipinski definition) is 1. The fraction of sp³-hybridized carbons (Fsp3) is 0.273. The standard InChI is InChI=1S/C22H23N5O4S2/c1-16-10-12-26(13-11-16)33(30,31)20-8-4-18(5-9-20)21-15-32-22(24-21)25-23-14-17-2-6-19(7-3-17)27(28)29/h2-9,14-16H,10-13H2,1H3,(H,24,25)/b23-14+. The first kappa shape index (κ1) is 23.0. The SMILES string of the molecule is CC1CCN(S(=O)(=O)c2ccc(-c3csc(N/N=C/c4ccc([N+](=O)[O-])cc4)n3)cc2)CC1. The van der Waals surface area contributed by atoms with Crippen LogP contribution in [0.1, 0.15) is 25.3 Å². The third-order valence-corrected chi connectivity index (χ3v) is 8.17. The number of aromatic nitrogens is 1. The maximum absolute atomic E-state index is 12.9. The average molecular weight is 486 g/mol. The molecule has 11 heteroatoms. The molecule has 9 nitrogen and oxygen atoms in total. The number of benzene rings is 2. The van der Waals surface area contributed by atoms with Crippen LogP contribution in [0.4, 0.5) is 10.8 Å². The third-order valence-electron chi connectivity index (χ3n) is 5.51. The minimum Gasteiger partial charge on any atom is -0.258 e. The molecule has 0 spiro atoms. The van der Waals surface area contributed by atoms with E-state index in [-0.39, 0.29) is 5.69 Å². The van der Waals surface area contributed by atoms with E-state index in [2.05, 4.69) is 22.4 Å². The van der Waals surface area contributed by atoms with E-state index in [0.29, 0.717) is 40.3 Å². The number of nitrogens with one attached hydrogen (secondary N) is 1. The quantitative estimate of drug-likeness (QED) is 0.297. The van der Waals surface area contributed by atoms with E-state index < -0.39 is 14.9 Å². The normalized spacial score (nSPS) is 15.7. The summed E-state index contributed by atoms with van der Waals surface area (Å²) in [6, 6.07) is 12.8. The van der Waals surface area contributed by atoms with Gasteiger partial charge in [-0.05, 0) is 48.6 Å². The first-order chi connectivity index (χ1) is 15.8. The average Bonchev–Trinajstić information content (AvgIpc) is 3.29. The molecule has 1 fully saturated rings. The molecule has 172 valence electrons. The maximum Gasteiger partial charge on any atom is 0.269 e. The predicted octanol–water partition coefficient (Wildman–Crippen LogP) is 4.58. The molecule has 1 aliphatic rings. The second kappa shape index (κ2) is 9.77. The summed E-state index contributed by atoms with van der Waals surface area (Å²) in [6.07, 6.45) is 3.32. The van der Waals surface area contributed by atoms with Gasteiger partial charge in [0, 0.05) is 36.2 Å². The van der Waals surface area contributed by atoms with E-state index in [1.54, 1.807) is 46.9 Å². The molecule has 4 rings (SSSR count). The summed E-state index contributed by atoms with van der Waals surface area (Å²) in [4.78, 5) is 15.0. The fourth-order valence-electron chi connectivity index (χ4n) is 3.47. The van der Waals surface area contributed by atoms with Crippen LogP contribution in [0.25, 0.3) is 11.3 Å². The Morgan fingerprint density at radius 1 is 1.15 bits per heavy atom. The molecule has 0 amide bonds. The van der Waals surface area contributed by atoms with Crippen LogP contribution in [0.15, 0.2) is 63.9 Å². The number of anilines is 1. The highest BCUT2D eigenvalue weighted by molar-refractivity contribution is 7.89. The molecule has 1 aliphatic heterocycles. The van der Waals surface area contributed by atoms with Gasteiger partial charge in [0.25, 0.3) is 5.69 Å². The molecule has 3 aromatic rings. The lowest BCUT2D eigenvalue weighted by molar-refractivity contribution is -0.384. The zero-order chi connectivity index (χ0) is 23.4. The summed E-state index contributed by atoms with van der Waals surface area (Å²) >= 11 is 1.37. The summed E-state index contributed by atoms with van der Waals surface area (Å²) in [7, 11) is -3.48. The molecule has 2 aromatic carbocycles. The lowest BCUT2D eigenvalue weighted by atomic mass is 10.0. The molecule has 33 heavy (non-hydrogen) atoms. The second-order valence-corrected chi connectivity index (χ2v) is 10.7. The topological polar surface area (TPSA) is 118 Å². The lowest BCUT2D eigenvalue weighted by Crippen LogP contribution is -2.37. The number of hydrazone groups is 1. The van der Waals surface area contributed by atoms with Crippen LogP contribution in [0.2, 0.25) is 0 Å². The third kappa shape index (κ3) is 5.44. The van der Waals surface area contributed by atoms with Crippen LogP contribution in [0, 0.1) is 16.0 Å². The molecular formula is C22H23N5O4S2. The minimum absolute atomic E-state index is 0.0222. The smallest absolute Gasteiger partial charge is 0.258 e. The van der Waals surface area contributed by atoms with Gasteiger partial charge in [-0.15, -0.1) is 11.3 Å². The molecule has 0 atom stereocenters. The van der Waals surface area contributed by atoms with Gasteiger partial charge in [0.1, 0.15) is 0 Å². The van der Waals surface area contributed by atoms with Gasteiger partial charge < -0.3 is 0 Å². The van der Waals surface area contributed by atoms with Crippen molar-refractivity contribution in [3.8, 4) is 11.3 Å². The van der Waals surface area contributed by atoms with Crippen LogP contribution < -0.4 is 5.43 Å². The van der Waals surface area contributed by atoms with E-state index in [1.165, 1.54) is 23.5 Å². The van der Waals surface area contributed by atoms with E-state index in [9.17, 15) is 18.5 Å². The largest absolute Gasteiger partial charge is 0.269 e. The number of nitrogens with zero attached hydrogens (tertiary/aromatic N) is 4. The maximum atomic E-state index is 12.9. The van der Waals surface area contributed by atoms with Gasteiger partial charge in [0.15, 0.2) is 0 Å². The second-order valence-electron chi connectivity index (χ2n) is 7.87. The molecule has 0 saturated carbocycles. The Morgan fingerprint density at radius 2 is 1.82 bits per heavy atom. The lowest BCUT2D eigenvalue weighted by Gasteiger charge is -2.29. The molecule has 1 saturated heterocycles. The Kier molecular flexibility index (Phi) is 6.82. The number of nitro benzene ring substituents is 1. The van der Waals surface area contributed by atoms with E-state index in [0.717, 1.165) is 18.4 Å². The first-order valence-electron chi connectivity index (χ1n) is 10.4. The molecule has 2 heterocycles. The van der Waals surface area contributed by atoms with Crippen molar-refractivity contribution in [1.82, 2.24) is 9.29 Å². The Balaban J connectivity index is 1.39. The summed E-state index contributed by atoms with van der Waals surface area (Å²) in [5.41, 5.74) is 5.10. The van der Waals surface area contributed by atoms with Gasteiger partial charge in [0.2, 0.25) is 15.2 Å². The van der Waals surface area contributed by atoms with Crippen LogP contribution in [-0.2, 0) is 10.0 Å². The number of hydrogen-bond acceptors (Lipinski definition) is 8. The van der Waals surface area contributed by atoms with Crippen molar-refractivity contribution in [2.75, 3.05) is 18.5 Å². The number of rotatable bonds is 7. The molecule has 0 aliphatic carbocycles.